The van der Waals surface area contributed by atoms with Gasteiger partial charge in [-0.1, -0.05) is 12.1 Å². The number of likely N-dealkylation sites (tertiary alicyclic amines) is 1. The number of nitrogens with zero attached hydrogens (tertiary/aromatic N) is 1. The highest BCUT2D eigenvalue weighted by Gasteiger charge is 2.51. The molecular weight excluding hydrogens is 400 g/mol. The fraction of sp³-hybridized carbons (Fsp3) is 0.704. The van der Waals surface area contributed by atoms with Crippen molar-refractivity contribution in [1.29, 1.82) is 0 Å². The average molecular weight is 439 g/mol. The van der Waals surface area contributed by atoms with Crippen molar-refractivity contribution >= 4 is 11.8 Å². The highest BCUT2D eigenvalue weighted by atomic mass is 16.5. The van der Waals surface area contributed by atoms with Crippen LogP contribution in [0.2, 0.25) is 0 Å². The Labute approximate surface area is 192 Å². The molecular formula is C27H38N2O3. The molecule has 0 atom stereocenters. The number of benzene rings is 1. The first-order valence-corrected chi connectivity index (χ1v) is 12.8. The van der Waals surface area contributed by atoms with E-state index in [-0.39, 0.29) is 11.9 Å². The summed E-state index contributed by atoms with van der Waals surface area (Å²) < 4.78 is 5.46. The number of hydrogen-bond donors (Lipinski definition) is 1. The Morgan fingerprint density at radius 3 is 2.16 bits per heavy atom. The van der Waals surface area contributed by atoms with Crippen LogP contribution in [0, 0.1) is 23.2 Å². The van der Waals surface area contributed by atoms with Crippen LogP contribution in [0.4, 0.5) is 0 Å². The van der Waals surface area contributed by atoms with E-state index in [4.69, 9.17) is 4.74 Å². The number of carbonyl (C=O) groups excluding carboxylic acids is 2. The van der Waals surface area contributed by atoms with Crippen LogP contribution in [-0.2, 0) is 16.0 Å². The smallest absolute Gasteiger partial charge is 0.224 e. The van der Waals surface area contributed by atoms with Crippen LogP contribution in [0.5, 0.6) is 5.75 Å². The van der Waals surface area contributed by atoms with Crippen molar-refractivity contribution in [3.8, 4) is 5.75 Å². The molecule has 4 aliphatic carbocycles. The van der Waals surface area contributed by atoms with E-state index in [0.717, 1.165) is 61.4 Å². The number of nitrogens with one attached hydrogen (secondary N) is 1. The van der Waals surface area contributed by atoms with Crippen molar-refractivity contribution in [2.75, 3.05) is 19.7 Å². The van der Waals surface area contributed by atoms with Crippen LogP contribution in [0.15, 0.2) is 24.3 Å². The zero-order valence-electron chi connectivity index (χ0n) is 19.5. The normalized spacial score (nSPS) is 31.5. The molecule has 5 aliphatic rings. The second-order valence-corrected chi connectivity index (χ2v) is 11.1. The standard InChI is InChI=1S/C27H38N2O3/c1-2-32-24-5-3-19(4-6-24)14-25(30)28-23-7-9-29(10-8-23)26(31)18-27-15-20-11-21(16-27)13-22(12-20)17-27/h3-6,20-23H,2,7-18H2,1H3,(H,28,30). The number of rotatable bonds is 7. The van der Waals surface area contributed by atoms with E-state index in [9.17, 15) is 9.59 Å². The maximum absolute atomic E-state index is 13.2. The van der Waals surface area contributed by atoms with Gasteiger partial charge in [-0.2, -0.15) is 0 Å². The average Bonchev–Trinajstić information content (AvgIpc) is 2.74. The van der Waals surface area contributed by atoms with Gasteiger partial charge in [0.2, 0.25) is 11.8 Å². The van der Waals surface area contributed by atoms with Gasteiger partial charge in [0.25, 0.3) is 0 Å². The molecule has 0 spiro atoms. The van der Waals surface area contributed by atoms with Crippen LogP contribution in [0.1, 0.15) is 70.3 Å². The van der Waals surface area contributed by atoms with Crippen molar-refractivity contribution < 1.29 is 14.3 Å². The van der Waals surface area contributed by atoms with Crippen LogP contribution in [0.3, 0.4) is 0 Å². The zero-order chi connectivity index (χ0) is 22.1. The minimum atomic E-state index is 0.0625. The van der Waals surface area contributed by atoms with Crippen LogP contribution in [-0.4, -0.2) is 42.5 Å². The Morgan fingerprint density at radius 2 is 1.59 bits per heavy atom. The molecule has 1 saturated heterocycles. The molecule has 1 aromatic rings. The van der Waals surface area contributed by atoms with Gasteiger partial charge in [0.15, 0.2) is 0 Å². The quantitative estimate of drug-likeness (QED) is 0.689. The zero-order valence-corrected chi connectivity index (χ0v) is 19.5. The third kappa shape index (κ3) is 4.82. The lowest BCUT2D eigenvalue weighted by atomic mass is 9.49. The molecule has 0 unspecified atom stereocenters. The molecule has 4 bridgehead atoms. The summed E-state index contributed by atoms with van der Waals surface area (Å²) in [6, 6.07) is 7.92. The first kappa shape index (κ1) is 21.8. The van der Waals surface area contributed by atoms with Crippen molar-refractivity contribution in [2.24, 2.45) is 23.2 Å². The molecule has 6 rings (SSSR count). The largest absolute Gasteiger partial charge is 0.494 e. The molecule has 0 aromatic heterocycles. The van der Waals surface area contributed by atoms with Crippen molar-refractivity contribution in [3.63, 3.8) is 0 Å². The van der Waals surface area contributed by atoms with E-state index in [2.05, 4.69) is 10.2 Å². The summed E-state index contributed by atoms with van der Waals surface area (Å²) >= 11 is 0. The maximum atomic E-state index is 13.2. The predicted molar refractivity (Wildman–Crippen MR) is 124 cm³/mol. The number of piperidine rings is 1. The number of hydrogen-bond acceptors (Lipinski definition) is 3. The van der Waals surface area contributed by atoms with Gasteiger partial charge in [-0.05, 0) is 99.2 Å². The van der Waals surface area contributed by atoms with Crippen LogP contribution < -0.4 is 10.1 Å². The van der Waals surface area contributed by atoms with E-state index < -0.39 is 0 Å². The van der Waals surface area contributed by atoms with Gasteiger partial charge in [-0.25, -0.2) is 0 Å². The van der Waals surface area contributed by atoms with E-state index in [1.807, 2.05) is 31.2 Å². The molecule has 32 heavy (non-hydrogen) atoms. The summed E-state index contributed by atoms with van der Waals surface area (Å²) in [5.41, 5.74) is 1.31. The first-order chi connectivity index (χ1) is 15.5. The summed E-state index contributed by atoms with van der Waals surface area (Å²) in [5, 5.41) is 3.19. The second kappa shape index (κ2) is 9.07. The topological polar surface area (TPSA) is 58.6 Å². The molecule has 1 heterocycles. The number of carbonyl (C=O) groups is 2. The molecule has 0 radical (unpaired) electrons. The van der Waals surface area contributed by atoms with Gasteiger partial charge in [0, 0.05) is 25.6 Å². The number of ether oxygens (including phenoxy) is 1. The Bertz CT molecular complexity index is 791. The minimum absolute atomic E-state index is 0.0625. The third-order valence-corrected chi connectivity index (χ3v) is 8.50. The van der Waals surface area contributed by atoms with Gasteiger partial charge in [-0.15, -0.1) is 0 Å². The lowest BCUT2D eigenvalue weighted by Gasteiger charge is -2.57. The molecule has 4 saturated carbocycles. The van der Waals surface area contributed by atoms with Gasteiger partial charge >= 0.3 is 0 Å². The van der Waals surface area contributed by atoms with Crippen molar-refractivity contribution in [3.05, 3.63) is 29.8 Å². The fourth-order valence-corrected chi connectivity index (χ4v) is 7.55. The lowest BCUT2D eigenvalue weighted by Crippen LogP contribution is -2.50. The monoisotopic (exact) mass is 438 g/mol. The Balaban J connectivity index is 1.07. The Hall–Kier alpha value is -2.04. The minimum Gasteiger partial charge on any atom is -0.494 e. The molecule has 1 aromatic carbocycles. The van der Waals surface area contributed by atoms with Gasteiger partial charge in [0.1, 0.15) is 5.75 Å². The highest BCUT2D eigenvalue weighted by Crippen LogP contribution is 2.61. The summed E-state index contributed by atoms with van der Waals surface area (Å²) in [5.74, 6) is 3.95. The molecule has 5 nitrogen and oxygen atoms in total. The molecule has 1 N–H and O–H groups in total. The molecule has 2 amide bonds. The molecule has 5 heteroatoms. The van der Waals surface area contributed by atoms with Gasteiger partial charge in [0.05, 0.1) is 13.0 Å². The van der Waals surface area contributed by atoms with Gasteiger partial charge < -0.3 is 15.0 Å². The van der Waals surface area contributed by atoms with Crippen LogP contribution >= 0.6 is 0 Å². The Morgan fingerprint density at radius 1 is 1.00 bits per heavy atom. The second-order valence-electron chi connectivity index (χ2n) is 11.1. The van der Waals surface area contributed by atoms with Crippen molar-refractivity contribution in [2.45, 2.75) is 77.2 Å². The van der Waals surface area contributed by atoms with E-state index in [1.165, 1.54) is 38.5 Å². The number of amides is 2. The molecule has 1 aliphatic heterocycles. The first-order valence-electron chi connectivity index (χ1n) is 12.8. The third-order valence-electron chi connectivity index (χ3n) is 8.50. The SMILES string of the molecule is CCOc1ccc(CC(=O)NC2CCN(C(=O)CC34CC5CC(CC(C5)C3)C4)CC2)cc1. The van der Waals surface area contributed by atoms with Crippen molar-refractivity contribution in [1.82, 2.24) is 10.2 Å². The molecule has 174 valence electrons. The summed E-state index contributed by atoms with van der Waals surface area (Å²) in [6.45, 7) is 4.16. The maximum Gasteiger partial charge on any atom is 0.224 e. The highest BCUT2D eigenvalue weighted by molar-refractivity contribution is 5.79. The van der Waals surface area contributed by atoms with E-state index in [1.54, 1.807) is 0 Å². The fourth-order valence-electron chi connectivity index (χ4n) is 7.55. The lowest BCUT2D eigenvalue weighted by molar-refractivity contribution is -0.140. The summed E-state index contributed by atoms with van der Waals surface area (Å²) in [6.07, 6.45) is 11.0. The van der Waals surface area contributed by atoms with E-state index >= 15 is 0 Å². The van der Waals surface area contributed by atoms with Crippen LogP contribution in [0.25, 0.3) is 0 Å². The van der Waals surface area contributed by atoms with Gasteiger partial charge in [-0.3, -0.25) is 9.59 Å². The predicted octanol–water partition coefficient (Wildman–Crippen LogP) is 4.34. The molecule has 5 fully saturated rings. The summed E-state index contributed by atoms with van der Waals surface area (Å²) in [7, 11) is 0. The summed E-state index contributed by atoms with van der Waals surface area (Å²) in [4.78, 5) is 27.7. The Kier molecular flexibility index (Phi) is 6.18. The van der Waals surface area contributed by atoms with E-state index in [0.29, 0.717) is 24.3 Å².